The molecule has 4 rings (SSSR count). The summed E-state index contributed by atoms with van der Waals surface area (Å²) in [5.41, 5.74) is 1.54. The molecule has 2 N–H and O–H groups in total. The lowest BCUT2D eigenvalue weighted by Gasteiger charge is -2.41. The molecule has 0 amide bonds. The third kappa shape index (κ3) is 4.37. The lowest BCUT2D eigenvalue weighted by atomic mass is 9.87. The van der Waals surface area contributed by atoms with Gasteiger partial charge in [0, 0.05) is 30.2 Å². The Bertz CT molecular complexity index is 987. The van der Waals surface area contributed by atoms with E-state index in [-0.39, 0.29) is 6.61 Å². The Balaban J connectivity index is 1.37. The number of para-hydroxylation sites is 2. The monoisotopic (exact) mass is 406 g/mol. The molecule has 0 saturated carbocycles. The van der Waals surface area contributed by atoms with Crippen LogP contribution in [0.5, 0.6) is 11.5 Å². The molecule has 2 heterocycles. The Morgan fingerprint density at radius 2 is 1.83 bits per heavy atom. The molecule has 0 spiro atoms. The zero-order valence-corrected chi connectivity index (χ0v) is 17.5. The zero-order chi connectivity index (χ0) is 21.0. The largest absolute Gasteiger partial charge is 0.486 e. The third-order valence-electron chi connectivity index (χ3n) is 5.95. The maximum Gasteiger partial charge on any atom is 0.161 e. The summed E-state index contributed by atoms with van der Waals surface area (Å²) in [6.07, 6.45) is 5.73. The van der Waals surface area contributed by atoms with Crippen molar-refractivity contribution in [3.8, 4) is 11.5 Å². The van der Waals surface area contributed by atoms with Crippen LogP contribution >= 0.6 is 0 Å². The molecule has 5 nitrogen and oxygen atoms in total. The first-order valence-corrected chi connectivity index (χ1v) is 10.6. The fourth-order valence-corrected chi connectivity index (χ4v) is 4.28. The van der Waals surface area contributed by atoms with E-state index in [0.717, 1.165) is 25.9 Å². The molecule has 2 aromatic carbocycles. The summed E-state index contributed by atoms with van der Waals surface area (Å²) in [5.74, 6) is 1.80. The number of aromatic nitrogens is 1. The molecule has 1 unspecified atom stereocenters. The number of piperidine rings is 1. The second kappa shape index (κ2) is 8.94. The van der Waals surface area contributed by atoms with Crippen molar-refractivity contribution in [3.05, 3.63) is 72.9 Å². The quantitative estimate of drug-likeness (QED) is 0.533. The van der Waals surface area contributed by atoms with Gasteiger partial charge in [-0.3, -0.25) is 4.90 Å². The summed E-state index contributed by atoms with van der Waals surface area (Å²) < 4.78 is 11.6. The van der Waals surface area contributed by atoms with E-state index in [1.807, 2.05) is 37.4 Å². The Labute approximate surface area is 177 Å². The van der Waals surface area contributed by atoms with E-state index in [1.165, 1.54) is 16.5 Å². The van der Waals surface area contributed by atoms with Gasteiger partial charge in [0.05, 0.1) is 0 Å². The number of aliphatic hydroxyl groups is 1. The molecular weight excluding hydrogens is 376 g/mol. The molecule has 5 heteroatoms. The van der Waals surface area contributed by atoms with E-state index in [0.29, 0.717) is 24.0 Å². The van der Waals surface area contributed by atoms with Crippen LogP contribution in [0.1, 0.15) is 31.2 Å². The highest BCUT2D eigenvalue weighted by Gasteiger charge is 2.34. The number of nitrogens with zero attached hydrogens (tertiary/aromatic N) is 1. The number of H-pyrrole nitrogens is 1. The highest BCUT2D eigenvalue weighted by molar-refractivity contribution is 5.83. The first kappa shape index (κ1) is 20.5. The third-order valence-corrected chi connectivity index (χ3v) is 5.95. The summed E-state index contributed by atoms with van der Waals surface area (Å²) >= 11 is 0. The highest BCUT2D eigenvalue weighted by Crippen LogP contribution is 2.35. The van der Waals surface area contributed by atoms with Crippen molar-refractivity contribution in [1.82, 2.24) is 9.88 Å². The Hall–Kier alpha value is -2.76. The van der Waals surface area contributed by atoms with Gasteiger partial charge in [0.15, 0.2) is 11.5 Å². The number of rotatable bonds is 8. The van der Waals surface area contributed by atoms with Crippen LogP contribution in [0.2, 0.25) is 0 Å². The van der Waals surface area contributed by atoms with Gasteiger partial charge in [-0.15, -0.1) is 0 Å². The Kier molecular flexibility index (Phi) is 6.11. The Morgan fingerprint density at radius 1 is 1.10 bits per heavy atom. The van der Waals surface area contributed by atoms with E-state index in [4.69, 9.17) is 9.47 Å². The number of nitrogens with one attached hydrogen (secondary N) is 1. The SMILES string of the molecule is C=CCOc1ccccc1OCC(C)(O)N1CCC(c2cccc3[nH]ccc23)CC1. The van der Waals surface area contributed by atoms with Crippen molar-refractivity contribution >= 4 is 10.9 Å². The van der Waals surface area contributed by atoms with Crippen molar-refractivity contribution in [2.45, 2.75) is 31.4 Å². The first-order valence-electron chi connectivity index (χ1n) is 10.6. The molecule has 1 aliphatic rings. The van der Waals surface area contributed by atoms with Gasteiger partial charge in [-0.25, -0.2) is 0 Å². The first-order chi connectivity index (χ1) is 14.6. The van der Waals surface area contributed by atoms with Gasteiger partial charge >= 0.3 is 0 Å². The van der Waals surface area contributed by atoms with Crippen molar-refractivity contribution < 1.29 is 14.6 Å². The molecule has 30 heavy (non-hydrogen) atoms. The minimum Gasteiger partial charge on any atom is -0.486 e. The van der Waals surface area contributed by atoms with Crippen molar-refractivity contribution in [1.29, 1.82) is 0 Å². The van der Waals surface area contributed by atoms with Crippen LogP contribution in [-0.2, 0) is 0 Å². The van der Waals surface area contributed by atoms with E-state index in [9.17, 15) is 5.11 Å². The van der Waals surface area contributed by atoms with Gasteiger partial charge < -0.3 is 19.6 Å². The van der Waals surface area contributed by atoms with Gasteiger partial charge in [-0.1, -0.05) is 36.9 Å². The number of likely N-dealkylation sites (tertiary alicyclic amines) is 1. The summed E-state index contributed by atoms with van der Waals surface area (Å²) in [6, 6.07) is 16.2. The summed E-state index contributed by atoms with van der Waals surface area (Å²) in [7, 11) is 0. The van der Waals surface area contributed by atoms with Gasteiger partial charge in [0.2, 0.25) is 0 Å². The summed E-state index contributed by atoms with van der Waals surface area (Å²) in [5, 5.41) is 12.4. The van der Waals surface area contributed by atoms with Gasteiger partial charge in [0.25, 0.3) is 0 Å². The van der Waals surface area contributed by atoms with Crippen LogP contribution in [0.4, 0.5) is 0 Å². The van der Waals surface area contributed by atoms with Crippen LogP contribution in [-0.4, -0.2) is 47.0 Å². The summed E-state index contributed by atoms with van der Waals surface area (Å²) in [6.45, 7) is 7.76. The lowest BCUT2D eigenvalue weighted by molar-refractivity contribution is -0.127. The number of hydrogen-bond donors (Lipinski definition) is 2. The second-order valence-electron chi connectivity index (χ2n) is 8.10. The number of fused-ring (bicyclic) bond motifs is 1. The normalized spacial score (nSPS) is 17.5. The van der Waals surface area contributed by atoms with Crippen molar-refractivity contribution in [2.75, 3.05) is 26.3 Å². The number of hydrogen-bond acceptors (Lipinski definition) is 4. The van der Waals surface area contributed by atoms with Crippen LogP contribution in [0.25, 0.3) is 10.9 Å². The zero-order valence-electron chi connectivity index (χ0n) is 17.5. The van der Waals surface area contributed by atoms with E-state index < -0.39 is 5.72 Å². The van der Waals surface area contributed by atoms with E-state index >= 15 is 0 Å². The molecule has 1 atom stereocenters. The fraction of sp³-hybridized carbons (Fsp3) is 0.360. The van der Waals surface area contributed by atoms with E-state index in [1.54, 1.807) is 6.08 Å². The predicted molar refractivity (Wildman–Crippen MR) is 120 cm³/mol. The number of ether oxygens (including phenoxy) is 2. The average molecular weight is 407 g/mol. The standard InChI is InChI=1S/C25H30N2O3/c1-3-17-29-23-9-4-5-10-24(23)30-18-25(2,28)27-15-12-19(13-16-27)20-7-6-8-22-21(20)11-14-26-22/h3-11,14,19,26,28H,1,12-13,15-18H2,2H3. The topological polar surface area (TPSA) is 57.7 Å². The molecule has 3 aromatic rings. The van der Waals surface area contributed by atoms with Gasteiger partial charge in [-0.2, -0.15) is 0 Å². The van der Waals surface area contributed by atoms with Crippen molar-refractivity contribution in [3.63, 3.8) is 0 Å². The maximum atomic E-state index is 11.1. The molecule has 1 aliphatic heterocycles. The van der Waals surface area contributed by atoms with E-state index in [2.05, 4.69) is 40.7 Å². The molecule has 1 saturated heterocycles. The van der Waals surface area contributed by atoms with Crippen LogP contribution in [0.3, 0.4) is 0 Å². The highest BCUT2D eigenvalue weighted by atomic mass is 16.5. The number of benzene rings is 2. The number of aromatic amines is 1. The van der Waals surface area contributed by atoms with Gasteiger partial charge in [-0.05, 0) is 55.5 Å². The lowest BCUT2D eigenvalue weighted by Crippen LogP contribution is -2.53. The second-order valence-corrected chi connectivity index (χ2v) is 8.10. The van der Waals surface area contributed by atoms with Crippen LogP contribution in [0, 0.1) is 0 Å². The molecule has 1 aromatic heterocycles. The predicted octanol–water partition coefficient (Wildman–Crippen LogP) is 4.70. The van der Waals surface area contributed by atoms with Crippen molar-refractivity contribution in [2.24, 2.45) is 0 Å². The minimum absolute atomic E-state index is 0.180. The van der Waals surface area contributed by atoms with Crippen LogP contribution in [0.15, 0.2) is 67.4 Å². The Morgan fingerprint density at radius 3 is 2.57 bits per heavy atom. The van der Waals surface area contributed by atoms with Gasteiger partial charge in [0.1, 0.15) is 18.9 Å². The maximum absolute atomic E-state index is 11.1. The van der Waals surface area contributed by atoms with Crippen LogP contribution < -0.4 is 9.47 Å². The molecule has 0 bridgehead atoms. The molecule has 0 aliphatic carbocycles. The molecule has 1 fully saturated rings. The average Bonchev–Trinajstić information content (AvgIpc) is 3.26. The smallest absolute Gasteiger partial charge is 0.161 e. The minimum atomic E-state index is -1.05. The molecule has 0 radical (unpaired) electrons. The molecular formula is C25H30N2O3. The summed E-state index contributed by atoms with van der Waals surface area (Å²) in [4.78, 5) is 5.42. The fourth-order valence-electron chi connectivity index (χ4n) is 4.28. The molecule has 158 valence electrons.